The molecular weight excluding hydrogens is 233 g/mol. The Bertz CT molecular complexity index is 307. The summed E-state index contributed by atoms with van der Waals surface area (Å²) in [6.07, 6.45) is -2.94. The normalized spacial score (nSPS) is 26.8. The van der Waals surface area contributed by atoms with Crippen molar-refractivity contribution in [2.75, 3.05) is 13.2 Å². The molecule has 0 radical (unpaired) electrons. The van der Waals surface area contributed by atoms with E-state index in [-0.39, 0.29) is 11.6 Å². The summed E-state index contributed by atoms with van der Waals surface area (Å²) in [4.78, 5) is 0. The van der Waals surface area contributed by atoms with Gasteiger partial charge in [0.1, 0.15) is 5.54 Å². The summed E-state index contributed by atoms with van der Waals surface area (Å²) in [5.74, 6) is 0. The number of hydrogen-bond donors (Lipinski definition) is 3. The lowest BCUT2D eigenvalue weighted by atomic mass is 9.96. The second-order valence-corrected chi connectivity index (χ2v) is 3.59. The van der Waals surface area contributed by atoms with Crippen LogP contribution in [0.4, 0.5) is 13.2 Å². The van der Waals surface area contributed by atoms with Crippen molar-refractivity contribution in [2.24, 2.45) is 5.73 Å². The molecule has 1 aliphatic rings. The van der Waals surface area contributed by atoms with E-state index < -0.39 is 23.9 Å². The van der Waals surface area contributed by atoms with E-state index in [0.29, 0.717) is 0 Å². The Morgan fingerprint density at radius 2 is 2.13 bits per heavy atom. The van der Waals surface area contributed by atoms with Crippen molar-refractivity contribution in [3.8, 4) is 0 Å². The topological polar surface area (TPSA) is 58.3 Å². The van der Waals surface area contributed by atoms with Gasteiger partial charge in [-0.3, -0.25) is 0 Å². The minimum absolute atomic E-state index is 0.0968. The lowest BCUT2D eigenvalue weighted by Gasteiger charge is -2.34. The summed E-state index contributed by atoms with van der Waals surface area (Å²) < 4.78 is 36.8. The largest absolute Gasteiger partial charge is 0.417 e. The van der Waals surface area contributed by atoms with E-state index in [0.717, 1.165) is 12.3 Å². The average Bonchev–Trinajstić information content (AvgIpc) is 2.17. The zero-order valence-electron chi connectivity index (χ0n) is 7.61. The van der Waals surface area contributed by atoms with Gasteiger partial charge in [-0.05, 0) is 6.08 Å². The number of dihydropyridines is 1. The smallest absolute Gasteiger partial charge is 0.393 e. The van der Waals surface area contributed by atoms with E-state index in [2.05, 4.69) is 5.32 Å². The zero-order chi connectivity index (χ0) is 11.7. The van der Waals surface area contributed by atoms with Crippen molar-refractivity contribution in [1.29, 1.82) is 0 Å². The maximum absolute atomic E-state index is 12.3. The third-order valence-corrected chi connectivity index (χ3v) is 2.66. The molecule has 1 aliphatic heterocycles. The van der Waals surface area contributed by atoms with Crippen LogP contribution in [0.15, 0.2) is 22.9 Å². The first-order valence-electron chi connectivity index (χ1n) is 4.09. The summed E-state index contributed by atoms with van der Waals surface area (Å²) in [6.45, 7) is -0.569. The van der Waals surface area contributed by atoms with Crippen LogP contribution in [-0.2, 0) is 0 Å². The number of hydrogen-bond acceptors (Lipinski definition) is 3. The molecule has 86 valence electrons. The Kier molecular flexibility index (Phi) is 3.32. The van der Waals surface area contributed by atoms with E-state index in [4.69, 9.17) is 22.4 Å². The van der Waals surface area contributed by atoms with Crippen LogP contribution in [-0.4, -0.2) is 30.0 Å². The van der Waals surface area contributed by atoms with Gasteiger partial charge in [0.05, 0.1) is 12.2 Å². The third kappa shape index (κ3) is 2.27. The van der Waals surface area contributed by atoms with E-state index in [9.17, 15) is 13.2 Å². The van der Waals surface area contributed by atoms with Gasteiger partial charge in [-0.25, -0.2) is 0 Å². The molecule has 0 fully saturated rings. The molecular formula is C8H10ClF3N2O. The molecule has 1 unspecified atom stereocenters. The molecule has 0 aromatic carbocycles. The van der Waals surface area contributed by atoms with E-state index in [1.165, 1.54) is 0 Å². The molecule has 0 bridgehead atoms. The highest BCUT2D eigenvalue weighted by Crippen LogP contribution is 2.33. The van der Waals surface area contributed by atoms with Crippen LogP contribution >= 0.6 is 11.6 Å². The maximum atomic E-state index is 12.3. The van der Waals surface area contributed by atoms with Crippen molar-refractivity contribution in [3.05, 3.63) is 22.9 Å². The molecule has 7 heteroatoms. The standard InChI is InChI=1S/C8H10ClF3N2O/c9-6-1-5(8(10,11)12)2-14-7(6,3-13)4-15/h1-2,14-15H,3-4,13H2. The highest BCUT2D eigenvalue weighted by molar-refractivity contribution is 6.31. The van der Waals surface area contributed by atoms with Crippen LogP contribution in [0.5, 0.6) is 0 Å². The summed E-state index contributed by atoms with van der Waals surface area (Å²) in [7, 11) is 0. The second-order valence-electron chi connectivity index (χ2n) is 3.18. The summed E-state index contributed by atoms with van der Waals surface area (Å²) in [5.41, 5.74) is 3.24. The predicted molar refractivity (Wildman–Crippen MR) is 50.1 cm³/mol. The number of nitrogens with one attached hydrogen (secondary N) is 1. The molecule has 15 heavy (non-hydrogen) atoms. The number of nitrogens with two attached hydrogens (primary N) is 1. The predicted octanol–water partition coefficient (Wildman–Crippen LogP) is 0.848. The molecule has 0 aromatic rings. The minimum atomic E-state index is -4.47. The Balaban J connectivity index is 2.99. The van der Waals surface area contributed by atoms with E-state index in [1.54, 1.807) is 0 Å². The fourth-order valence-corrected chi connectivity index (χ4v) is 1.42. The lowest BCUT2D eigenvalue weighted by molar-refractivity contribution is -0.0891. The molecule has 0 spiro atoms. The summed E-state index contributed by atoms with van der Waals surface area (Å²) in [5, 5.41) is 11.3. The van der Waals surface area contributed by atoms with Gasteiger partial charge in [-0.15, -0.1) is 0 Å². The molecule has 1 heterocycles. The zero-order valence-corrected chi connectivity index (χ0v) is 8.36. The first-order chi connectivity index (χ1) is 6.85. The van der Waals surface area contributed by atoms with Crippen LogP contribution < -0.4 is 11.1 Å². The van der Waals surface area contributed by atoms with Crippen LogP contribution in [0.1, 0.15) is 0 Å². The van der Waals surface area contributed by atoms with Crippen LogP contribution in [0.25, 0.3) is 0 Å². The minimum Gasteiger partial charge on any atom is -0.393 e. The van der Waals surface area contributed by atoms with Crippen molar-refractivity contribution in [1.82, 2.24) is 5.32 Å². The number of allylic oxidation sites excluding steroid dienone is 2. The molecule has 1 atom stereocenters. The number of alkyl halides is 3. The molecule has 0 saturated carbocycles. The van der Waals surface area contributed by atoms with Crippen molar-refractivity contribution in [2.45, 2.75) is 11.7 Å². The Morgan fingerprint density at radius 3 is 2.47 bits per heavy atom. The van der Waals surface area contributed by atoms with Gasteiger partial charge in [0, 0.05) is 17.8 Å². The molecule has 3 nitrogen and oxygen atoms in total. The summed E-state index contributed by atoms with van der Waals surface area (Å²) >= 11 is 5.66. The van der Waals surface area contributed by atoms with E-state index in [1.807, 2.05) is 0 Å². The maximum Gasteiger partial charge on any atom is 0.417 e. The fourth-order valence-electron chi connectivity index (χ4n) is 1.11. The average molecular weight is 243 g/mol. The van der Waals surface area contributed by atoms with Crippen molar-refractivity contribution < 1.29 is 18.3 Å². The Hall–Kier alpha value is -0.720. The lowest BCUT2D eigenvalue weighted by Crippen LogP contribution is -2.54. The summed E-state index contributed by atoms with van der Waals surface area (Å²) in [6, 6.07) is 0. The monoisotopic (exact) mass is 242 g/mol. The molecule has 1 rings (SSSR count). The van der Waals surface area contributed by atoms with Crippen molar-refractivity contribution in [3.63, 3.8) is 0 Å². The first kappa shape index (κ1) is 12.4. The third-order valence-electron chi connectivity index (χ3n) is 2.19. The van der Waals surface area contributed by atoms with Gasteiger partial charge in [0.15, 0.2) is 0 Å². The molecule has 0 aliphatic carbocycles. The van der Waals surface area contributed by atoms with Gasteiger partial charge >= 0.3 is 6.18 Å². The Labute approximate surface area is 89.4 Å². The van der Waals surface area contributed by atoms with Gasteiger partial charge in [0.2, 0.25) is 0 Å². The van der Waals surface area contributed by atoms with Crippen LogP contribution in [0.3, 0.4) is 0 Å². The molecule has 0 amide bonds. The van der Waals surface area contributed by atoms with Crippen molar-refractivity contribution >= 4 is 11.6 Å². The molecule has 4 N–H and O–H groups in total. The van der Waals surface area contributed by atoms with Crippen LogP contribution in [0, 0.1) is 0 Å². The fraction of sp³-hybridized carbons (Fsp3) is 0.500. The highest BCUT2D eigenvalue weighted by atomic mass is 35.5. The second kappa shape index (κ2) is 4.03. The number of aliphatic hydroxyl groups excluding tert-OH is 1. The van der Waals surface area contributed by atoms with Gasteiger partial charge in [-0.1, -0.05) is 11.6 Å². The highest BCUT2D eigenvalue weighted by Gasteiger charge is 2.39. The van der Waals surface area contributed by atoms with Gasteiger partial charge in [0.25, 0.3) is 0 Å². The molecule has 0 saturated heterocycles. The van der Waals surface area contributed by atoms with Gasteiger partial charge in [-0.2, -0.15) is 13.2 Å². The van der Waals surface area contributed by atoms with Crippen LogP contribution in [0.2, 0.25) is 0 Å². The number of rotatable bonds is 2. The number of aliphatic hydroxyl groups is 1. The first-order valence-corrected chi connectivity index (χ1v) is 4.47. The van der Waals surface area contributed by atoms with Gasteiger partial charge < -0.3 is 16.2 Å². The Morgan fingerprint density at radius 1 is 1.53 bits per heavy atom. The quantitative estimate of drug-likeness (QED) is 0.673. The van der Waals surface area contributed by atoms with E-state index >= 15 is 0 Å². The molecule has 0 aromatic heterocycles. The SMILES string of the molecule is NCC1(CO)NC=C(C(F)(F)F)C=C1Cl. The number of halogens is 4.